The van der Waals surface area contributed by atoms with E-state index in [1.807, 2.05) is 37.3 Å². The standard InChI is InChI=1S/C15H14BrNO3S/c1-10-4-2-3-5-11(10)17(9-8-14(18)19)15(20)12-6-7-13(16)21-12/h2-7H,8-9H2,1H3,(H,18,19). The van der Waals surface area contributed by atoms with E-state index >= 15 is 0 Å². The number of para-hydroxylation sites is 1. The van der Waals surface area contributed by atoms with Crippen LogP contribution in [0.2, 0.25) is 0 Å². The number of thiophene rings is 1. The molecule has 4 nitrogen and oxygen atoms in total. The summed E-state index contributed by atoms with van der Waals surface area (Å²) < 4.78 is 0.869. The lowest BCUT2D eigenvalue weighted by molar-refractivity contribution is -0.136. The average molecular weight is 368 g/mol. The van der Waals surface area contributed by atoms with Gasteiger partial charge in [0.15, 0.2) is 0 Å². The molecule has 0 bridgehead atoms. The highest BCUT2D eigenvalue weighted by atomic mass is 79.9. The van der Waals surface area contributed by atoms with E-state index < -0.39 is 5.97 Å². The fourth-order valence-corrected chi connectivity index (χ4v) is 3.30. The molecule has 0 saturated heterocycles. The number of rotatable bonds is 5. The maximum atomic E-state index is 12.6. The van der Waals surface area contributed by atoms with E-state index in [0.717, 1.165) is 15.0 Å². The predicted octanol–water partition coefficient (Wildman–Crippen LogP) is 3.94. The number of carbonyl (C=O) groups is 2. The fourth-order valence-electron chi connectivity index (χ4n) is 1.97. The van der Waals surface area contributed by atoms with Crippen LogP contribution in [0.3, 0.4) is 0 Å². The SMILES string of the molecule is Cc1ccccc1N(CCC(=O)O)C(=O)c1ccc(Br)s1. The Balaban J connectivity index is 2.34. The Morgan fingerprint density at radius 2 is 1.95 bits per heavy atom. The van der Waals surface area contributed by atoms with Gasteiger partial charge in [0.1, 0.15) is 0 Å². The number of hydrogen-bond donors (Lipinski definition) is 1. The van der Waals surface area contributed by atoms with Gasteiger partial charge in [0.05, 0.1) is 15.1 Å². The van der Waals surface area contributed by atoms with Crippen molar-refractivity contribution >= 4 is 44.8 Å². The van der Waals surface area contributed by atoms with Gasteiger partial charge in [-0.3, -0.25) is 9.59 Å². The molecule has 0 atom stereocenters. The molecular formula is C15H14BrNO3S. The van der Waals surface area contributed by atoms with Gasteiger partial charge in [0.2, 0.25) is 0 Å². The first-order chi connectivity index (χ1) is 9.99. The third-order valence-corrected chi connectivity index (χ3v) is 4.60. The van der Waals surface area contributed by atoms with Crippen LogP contribution in [0, 0.1) is 6.92 Å². The number of nitrogens with zero attached hydrogens (tertiary/aromatic N) is 1. The maximum absolute atomic E-state index is 12.6. The highest BCUT2D eigenvalue weighted by Gasteiger charge is 2.21. The first-order valence-corrected chi connectivity index (χ1v) is 7.94. The zero-order chi connectivity index (χ0) is 15.4. The maximum Gasteiger partial charge on any atom is 0.305 e. The molecule has 1 heterocycles. The minimum absolute atomic E-state index is 0.0907. The summed E-state index contributed by atoms with van der Waals surface area (Å²) in [6.07, 6.45) is -0.0907. The number of carboxylic acid groups (broad SMARTS) is 1. The summed E-state index contributed by atoms with van der Waals surface area (Å²) in [6.45, 7) is 2.05. The van der Waals surface area contributed by atoms with Gasteiger partial charge in [-0.2, -0.15) is 0 Å². The van der Waals surface area contributed by atoms with Crippen molar-refractivity contribution in [2.75, 3.05) is 11.4 Å². The second-order valence-electron chi connectivity index (χ2n) is 4.49. The largest absolute Gasteiger partial charge is 0.481 e. The van der Waals surface area contributed by atoms with Gasteiger partial charge in [0, 0.05) is 12.2 Å². The Labute approximate surface area is 135 Å². The van der Waals surface area contributed by atoms with E-state index in [4.69, 9.17) is 5.11 Å². The lowest BCUT2D eigenvalue weighted by Gasteiger charge is -2.23. The summed E-state index contributed by atoms with van der Waals surface area (Å²) in [5.74, 6) is -1.10. The molecule has 1 amide bonds. The number of anilines is 1. The molecule has 0 aliphatic rings. The molecule has 0 saturated carbocycles. The summed E-state index contributed by atoms with van der Waals surface area (Å²) in [5.41, 5.74) is 1.68. The number of aryl methyl sites for hydroxylation is 1. The third kappa shape index (κ3) is 3.92. The molecule has 1 N–H and O–H groups in total. The van der Waals surface area contributed by atoms with Crippen LogP contribution in [0.15, 0.2) is 40.2 Å². The molecule has 0 radical (unpaired) electrons. The van der Waals surface area contributed by atoms with Crippen LogP contribution in [0.5, 0.6) is 0 Å². The van der Waals surface area contributed by atoms with Crippen LogP contribution < -0.4 is 4.90 Å². The highest BCUT2D eigenvalue weighted by molar-refractivity contribution is 9.11. The van der Waals surface area contributed by atoms with Crippen LogP contribution in [0.4, 0.5) is 5.69 Å². The van der Waals surface area contributed by atoms with E-state index in [2.05, 4.69) is 15.9 Å². The molecular weight excluding hydrogens is 354 g/mol. The minimum Gasteiger partial charge on any atom is -0.481 e. The Bertz CT molecular complexity index is 668. The van der Waals surface area contributed by atoms with Crippen molar-refractivity contribution in [2.45, 2.75) is 13.3 Å². The fraction of sp³-hybridized carbons (Fsp3) is 0.200. The van der Waals surface area contributed by atoms with Crippen molar-refractivity contribution in [2.24, 2.45) is 0 Å². The lowest BCUT2D eigenvalue weighted by atomic mass is 10.1. The number of hydrogen-bond acceptors (Lipinski definition) is 3. The molecule has 0 aliphatic carbocycles. The summed E-state index contributed by atoms with van der Waals surface area (Å²) >= 11 is 4.67. The lowest BCUT2D eigenvalue weighted by Crippen LogP contribution is -2.33. The van der Waals surface area contributed by atoms with E-state index in [-0.39, 0.29) is 18.9 Å². The van der Waals surface area contributed by atoms with E-state index in [9.17, 15) is 9.59 Å². The first kappa shape index (κ1) is 15.7. The number of benzene rings is 1. The topological polar surface area (TPSA) is 57.6 Å². The number of carbonyl (C=O) groups excluding carboxylic acids is 1. The van der Waals surface area contributed by atoms with Gasteiger partial charge in [0.25, 0.3) is 5.91 Å². The van der Waals surface area contributed by atoms with E-state index in [1.54, 1.807) is 6.07 Å². The molecule has 2 aromatic rings. The molecule has 2 rings (SSSR count). The number of aliphatic carboxylic acids is 1. The Morgan fingerprint density at radius 1 is 1.24 bits per heavy atom. The van der Waals surface area contributed by atoms with Crippen LogP contribution in [-0.2, 0) is 4.79 Å². The molecule has 21 heavy (non-hydrogen) atoms. The van der Waals surface area contributed by atoms with Crippen molar-refractivity contribution in [3.8, 4) is 0 Å². The number of amides is 1. The molecule has 1 aromatic carbocycles. The summed E-state index contributed by atoms with van der Waals surface area (Å²) in [6, 6.07) is 11.0. The van der Waals surface area contributed by atoms with Gasteiger partial charge in [-0.25, -0.2) is 0 Å². The van der Waals surface area contributed by atoms with Crippen LogP contribution >= 0.6 is 27.3 Å². The zero-order valence-electron chi connectivity index (χ0n) is 11.4. The quantitative estimate of drug-likeness (QED) is 0.870. The van der Waals surface area contributed by atoms with Gasteiger partial charge < -0.3 is 10.0 Å². The van der Waals surface area contributed by atoms with Crippen molar-refractivity contribution < 1.29 is 14.7 Å². The smallest absolute Gasteiger partial charge is 0.305 e. The van der Waals surface area contributed by atoms with E-state index in [0.29, 0.717) is 4.88 Å². The molecule has 110 valence electrons. The van der Waals surface area contributed by atoms with Crippen molar-refractivity contribution in [1.82, 2.24) is 0 Å². The average Bonchev–Trinajstić information content (AvgIpc) is 2.87. The molecule has 0 spiro atoms. The first-order valence-electron chi connectivity index (χ1n) is 6.33. The van der Waals surface area contributed by atoms with Crippen LogP contribution in [0.25, 0.3) is 0 Å². The summed E-state index contributed by atoms with van der Waals surface area (Å²) in [7, 11) is 0. The minimum atomic E-state index is -0.922. The monoisotopic (exact) mass is 367 g/mol. The second-order valence-corrected chi connectivity index (χ2v) is 6.95. The molecule has 0 unspecified atom stereocenters. The summed E-state index contributed by atoms with van der Waals surface area (Å²) in [5, 5.41) is 8.89. The van der Waals surface area contributed by atoms with Crippen LogP contribution in [-0.4, -0.2) is 23.5 Å². The van der Waals surface area contributed by atoms with Crippen molar-refractivity contribution in [1.29, 1.82) is 0 Å². The highest BCUT2D eigenvalue weighted by Crippen LogP contribution is 2.27. The van der Waals surface area contributed by atoms with Crippen LogP contribution in [0.1, 0.15) is 21.7 Å². The normalized spacial score (nSPS) is 10.4. The number of halogens is 1. The summed E-state index contributed by atoms with van der Waals surface area (Å²) in [4.78, 5) is 25.6. The molecule has 0 fully saturated rings. The molecule has 1 aromatic heterocycles. The van der Waals surface area contributed by atoms with Crippen molar-refractivity contribution in [3.05, 3.63) is 50.6 Å². The Hall–Kier alpha value is -1.66. The third-order valence-electron chi connectivity index (χ3n) is 2.98. The van der Waals surface area contributed by atoms with Gasteiger partial charge in [-0.15, -0.1) is 11.3 Å². The Morgan fingerprint density at radius 3 is 2.52 bits per heavy atom. The van der Waals surface area contributed by atoms with Gasteiger partial charge >= 0.3 is 5.97 Å². The predicted molar refractivity (Wildman–Crippen MR) is 87.1 cm³/mol. The second kappa shape index (κ2) is 6.87. The van der Waals surface area contributed by atoms with E-state index in [1.165, 1.54) is 16.2 Å². The number of carboxylic acids is 1. The van der Waals surface area contributed by atoms with Gasteiger partial charge in [-0.05, 0) is 46.6 Å². The molecule has 0 aliphatic heterocycles. The zero-order valence-corrected chi connectivity index (χ0v) is 13.8. The molecule has 6 heteroatoms. The van der Waals surface area contributed by atoms with Gasteiger partial charge in [-0.1, -0.05) is 18.2 Å². The Kier molecular flexibility index (Phi) is 5.14. The van der Waals surface area contributed by atoms with Crippen molar-refractivity contribution in [3.63, 3.8) is 0 Å².